The van der Waals surface area contributed by atoms with E-state index in [1.165, 1.54) is 14.2 Å². The maximum Gasteiger partial charge on any atom is 0.207 e. The second-order valence-electron chi connectivity index (χ2n) is 6.72. The first kappa shape index (κ1) is 17.3. The third kappa shape index (κ3) is 2.29. The van der Waals surface area contributed by atoms with Crippen molar-refractivity contribution in [3.8, 4) is 11.5 Å². The van der Waals surface area contributed by atoms with Gasteiger partial charge < -0.3 is 14.6 Å². The zero-order chi connectivity index (χ0) is 18.4. The quantitative estimate of drug-likeness (QED) is 0.658. The molecule has 1 aromatic carbocycles. The maximum atomic E-state index is 13.1. The largest absolute Gasteiger partial charge is 0.504 e. The van der Waals surface area contributed by atoms with Gasteiger partial charge in [0.25, 0.3) is 0 Å². The van der Waals surface area contributed by atoms with Crippen LogP contribution in [-0.4, -0.2) is 30.9 Å². The van der Waals surface area contributed by atoms with Crippen molar-refractivity contribution < 1.29 is 24.2 Å². The van der Waals surface area contributed by atoms with E-state index in [-0.39, 0.29) is 34.9 Å². The Hall–Kier alpha value is -2.56. The molecule has 2 aliphatic carbocycles. The highest BCUT2D eigenvalue weighted by atomic mass is 16.5. The van der Waals surface area contributed by atoms with Crippen molar-refractivity contribution in [2.45, 2.75) is 19.3 Å². The van der Waals surface area contributed by atoms with Crippen LogP contribution in [0.3, 0.4) is 0 Å². The smallest absolute Gasteiger partial charge is 0.207 e. The van der Waals surface area contributed by atoms with Crippen LogP contribution in [0.2, 0.25) is 0 Å². The lowest BCUT2D eigenvalue weighted by molar-refractivity contribution is -0.136. The molecule has 2 aliphatic rings. The van der Waals surface area contributed by atoms with Gasteiger partial charge in [0.1, 0.15) is 0 Å². The summed E-state index contributed by atoms with van der Waals surface area (Å²) in [7, 11) is 2.93. The summed E-state index contributed by atoms with van der Waals surface area (Å²) in [6.45, 7) is 5.72. The molecule has 0 radical (unpaired) electrons. The fraction of sp³-hybridized carbons (Fsp3) is 0.400. The number of fused-ring (bicyclic) bond motifs is 2. The zero-order valence-corrected chi connectivity index (χ0v) is 14.6. The molecule has 5 heteroatoms. The van der Waals surface area contributed by atoms with Crippen LogP contribution in [0.15, 0.2) is 42.7 Å². The summed E-state index contributed by atoms with van der Waals surface area (Å²) in [4.78, 5) is 25.8. The normalized spacial score (nSPS) is 30.8. The lowest BCUT2D eigenvalue weighted by atomic mass is 9.68. The summed E-state index contributed by atoms with van der Waals surface area (Å²) in [6.07, 6.45) is 3.79. The third-order valence-corrected chi connectivity index (χ3v) is 5.53. The predicted octanol–water partition coefficient (Wildman–Crippen LogP) is 2.99. The van der Waals surface area contributed by atoms with Crippen LogP contribution in [0.5, 0.6) is 11.5 Å². The van der Waals surface area contributed by atoms with Gasteiger partial charge in [0.15, 0.2) is 23.0 Å². The molecule has 0 saturated heterocycles. The highest BCUT2D eigenvalue weighted by Gasteiger charge is 2.63. The number of phenolic OH excluding ortho intramolecular Hbond substituents is 1. The van der Waals surface area contributed by atoms with Gasteiger partial charge in [-0.05, 0) is 36.1 Å². The summed E-state index contributed by atoms with van der Waals surface area (Å²) in [5.41, 5.74) is -0.0196. The highest BCUT2D eigenvalue weighted by Crippen LogP contribution is 2.59. The van der Waals surface area contributed by atoms with E-state index in [0.717, 1.165) is 5.56 Å². The number of methoxy groups -OCH3 is 2. The number of ketones is 2. The molecular formula is C20H22O5. The number of ether oxygens (including phenoxy) is 2. The van der Waals surface area contributed by atoms with Crippen LogP contribution in [0.4, 0.5) is 0 Å². The van der Waals surface area contributed by atoms with E-state index >= 15 is 0 Å². The molecule has 1 N–H and O–H groups in total. The maximum absolute atomic E-state index is 13.1. The lowest BCUT2D eigenvalue weighted by Gasteiger charge is -2.33. The number of aromatic hydroxyl groups is 1. The van der Waals surface area contributed by atoms with E-state index in [4.69, 9.17) is 9.47 Å². The fourth-order valence-corrected chi connectivity index (χ4v) is 4.49. The Balaban J connectivity index is 2.22. The minimum Gasteiger partial charge on any atom is -0.504 e. The summed E-state index contributed by atoms with van der Waals surface area (Å²) < 4.78 is 10.5. The number of rotatable bonds is 5. The molecule has 0 heterocycles. The van der Waals surface area contributed by atoms with Crippen LogP contribution in [0.25, 0.3) is 0 Å². The second-order valence-corrected chi connectivity index (χ2v) is 6.72. The fourth-order valence-electron chi connectivity index (χ4n) is 4.49. The van der Waals surface area contributed by atoms with E-state index < -0.39 is 11.3 Å². The van der Waals surface area contributed by atoms with Gasteiger partial charge in [-0.3, -0.25) is 9.59 Å². The average Bonchev–Trinajstić information content (AvgIpc) is 2.74. The van der Waals surface area contributed by atoms with Crippen molar-refractivity contribution in [3.05, 3.63) is 48.3 Å². The van der Waals surface area contributed by atoms with Gasteiger partial charge in [0, 0.05) is 5.92 Å². The van der Waals surface area contributed by atoms with E-state index in [1.54, 1.807) is 30.4 Å². The van der Waals surface area contributed by atoms with Gasteiger partial charge >= 0.3 is 0 Å². The van der Waals surface area contributed by atoms with E-state index in [1.807, 2.05) is 6.92 Å². The molecule has 1 saturated carbocycles. The van der Waals surface area contributed by atoms with Crippen molar-refractivity contribution in [2.75, 3.05) is 14.2 Å². The van der Waals surface area contributed by atoms with Gasteiger partial charge in [0.2, 0.25) is 5.78 Å². The van der Waals surface area contributed by atoms with Crippen LogP contribution in [-0.2, 0) is 14.3 Å². The molecule has 0 amide bonds. The van der Waals surface area contributed by atoms with E-state index in [0.29, 0.717) is 12.2 Å². The number of allylic oxidation sites excluding steroid dienone is 3. The number of hydrogen-bond acceptors (Lipinski definition) is 5. The van der Waals surface area contributed by atoms with Crippen LogP contribution in [0.1, 0.15) is 24.8 Å². The first-order chi connectivity index (χ1) is 11.9. The van der Waals surface area contributed by atoms with Gasteiger partial charge in [-0.25, -0.2) is 0 Å². The van der Waals surface area contributed by atoms with Crippen molar-refractivity contribution in [2.24, 2.45) is 17.3 Å². The summed E-state index contributed by atoms with van der Waals surface area (Å²) in [5, 5.41) is 9.88. The number of Topliss-reactive ketones (excluding diaryl/α,β-unsaturated/α-hetero) is 2. The summed E-state index contributed by atoms with van der Waals surface area (Å²) >= 11 is 0. The Morgan fingerprint density at radius 2 is 2.00 bits per heavy atom. The second kappa shape index (κ2) is 6.06. The molecule has 0 spiro atoms. The number of hydrogen-bond donors (Lipinski definition) is 1. The molecule has 5 nitrogen and oxygen atoms in total. The molecule has 132 valence electrons. The van der Waals surface area contributed by atoms with E-state index in [2.05, 4.69) is 6.58 Å². The topological polar surface area (TPSA) is 72.8 Å². The Morgan fingerprint density at radius 3 is 2.60 bits per heavy atom. The number of benzene rings is 1. The minimum absolute atomic E-state index is 0.0353. The predicted molar refractivity (Wildman–Crippen MR) is 92.4 cm³/mol. The standard InChI is InChI=1S/C20H22O5/c1-5-8-20-10-15(25-4)18(22)16(19(20)23)11(2)17(20)12-6-7-13(21)14(9-12)24-3/h5-7,9-11,16-17,21H,1,8H2,2-4H3/t11-,16-,17-,20-/m1/s1. The van der Waals surface area contributed by atoms with Crippen LogP contribution < -0.4 is 4.74 Å². The number of carbonyl (C=O) groups excluding carboxylic acids is 2. The average molecular weight is 342 g/mol. The highest BCUT2D eigenvalue weighted by molar-refractivity contribution is 6.17. The Kier molecular flexibility index (Phi) is 4.19. The van der Waals surface area contributed by atoms with Crippen molar-refractivity contribution >= 4 is 11.6 Å². The van der Waals surface area contributed by atoms with Gasteiger partial charge in [0.05, 0.1) is 25.6 Å². The molecule has 0 unspecified atom stereocenters. The molecule has 25 heavy (non-hydrogen) atoms. The van der Waals surface area contributed by atoms with Crippen LogP contribution >= 0.6 is 0 Å². The molecule has 1 fully saturated rings. The first-order valence-corrected chi connectivity index (χ1v) is 8.24. The minimum atomic E-state index is -0.868. The van der Waals surface area contributed by atoms with Gasteiger partial charge in [-0.1, -0.05) is 19.1 Å². The van der Waals surface area contributed by atoms with Gasteiger partial charge in [-0.15, -0.1) is 6.58 Å². The summed E-state index contributed by atoms with van der Waals surface area (Å²) in [5.74, 6) is -0.859. The molecule has 3 rings (SSSR count). The zero-order valence-electron chi connectivity index (χ0n) is 14.6. The molecule has 0 aliphatic heterocycles. The Bertz CT molecular complexity index is 778. The van der Waals surface area contributed by atoms with Crippen molar-refractivity contribution in [1.29, 1.82) is 0 Å². The lowest BCUT2D eigenvalue weighted by Crippen LogP contribution is -2.38. The Labute approximate surface area is 146 Å². The monoisotopic (exact) mass is 342 g/mol. The summed E-state index contributed by atoms with van der Waals surface area (Å²) in [6, 6.07) is 5.07. The molecule has 4 atom stereocenters. The molecule has 0 aromatic heterocycles. The number of carbonyl (C=O) groups is 2. The van der Waals surface area contributed by atoms with Crippen LogP contribution in [0, 0.1) is 17.3 Å². The molecular weight excluding hydrogens is 320 g/mol. The van der Waals surface area contributed by atoms with Crippen molar-refractivity contribution in [1.82, 2.24) is 0 Å². The molecule has 2 bridgehead atoms. The number of phenols is 1. The third-order valence-electron chi connectivity index (χ3n) is 5.53. The van der Waals surface area contributed by atoms with Crippen molar-refractivity contribution in [3.63, 3.8) is 0 Å². The SMILES string of the molecule is C=CC[C@]12C=C(OC)C(=O)[C@H](C1=O)[C@@H](C)[C@@H]2c1ccc(O)c(OC)c1. The van der Waals surface area contributed by atoms with Gasteiger partial charge in [-0.2, -0.15) is 0 Å². The Morgan fingerprint density at radius 1 is 1.28 bits per heavy atom. The first-order valence-electron chi connectivity index (χ1n) is 8.24. The molecule has 1 aromatic rings. The van der Waals surface area contributed by atoms with E-state index in [9.17, 15) is 14.7 Å².